The molecule has 1 aliphatic heterocycles. The molecule has 0 aromatic heterocycles. The molecule has 1 amide bonds. The summed E-state index contributed by atoms with van der Waals surface area (Å²) in [4.78, 5) is 14.4. The van der Waals surface area contributed by atoms with Crippen molar-refractivity contribution in [1.82, 2.24) is 5.32 Å². The lowest BCUT2D eigenvalue weighted by atomic mass is 10.1. The van der Waals surface area contributed by atoms with E-state index in [1.54, 1.807) is 0 Å². The minimum Gasteiger partial charge on any atom is -0.371 e. The number of nitrogens with zero attached hydrogens (tertiary/aromatic N) is 1. The largest absolute Gasteiger partial charge is 0.371 e. The van der Waals surface area contributed by atoms with E-state index in [0.717, 1.165) is 41.0 Å². The van der Waals surface area contributed by atoms with Crippen LogP contribution < -0.4 is 15.5 Å². The van der Waals surface area contributed by atoms with Gasteiger partial charge in [-0.05, 0) is 47.4 Å². The van der Waals surface area contributed by atoms with Gasteiger partial charge in [-0.1, -0.05) is 20.8 Å². The maximum absolute atomic E-state index is 12.1. The van der Waals surface area contributed by atoms with Gasteiger partial charge in [-0.2, -0.15) is 0 Å². The zero-order chi connectivity index (χ0) is 15.6. The second-order valence-corrected chi connectivity index (χ2v) is 6.66. The number of rotatable bonds is 6. The number of hydrogen-bond donors (Lipinski definition) is 2. The molecule has 1 heterocycles. The predicted octanol–water partition coefficient (Wildman–Crippen LogP) is 3.53. The first-order chi connectivity index (χ1) is 9.97. The monoisotopic (exact) mass is 353 g/mol. The second-order valence-electron chi connectivity index (χ2n) is 5.80. The van der Waals surface area contributed by atoms with Gasteiger partial charge in [-0.15, -0.1) is 0 Å². The fourth-order valence-electron chi connectivity index (χ4n) is 2.76. The number of hydrogen-bond acceptors (Lipinski definition) is 3. The highest BCUT2D eigenvalue weighted by Crippen LogP contribution is 2.39. The Balaban J connectivity index is 2.36. The molecule has 1 unspecified atom stereocenters. The van der Waals surface area contributed by atoms with Crippen LogP contribution in [0.1, 0.15) is 39.3 Å². The van der Waals surface area contributed by atoms with Gasteiger partial charge >= 0.3 is 0 Å². The summed E-state index contributed by atoms with van der Waals surface area (Å²) in [6.07, 6.45) is 0. The van der Waals surface area contributed by atoms with Gasteiger partial charge in [0.2, 0.25) is 5.91 Å². The Kier molecular flexibility index (Phi) is 5.27. The van der Waals surface area contributed by atoms with E-state index < -0.39 is 0 Å². The number of halogens is 1. The highest BCUT2D eigenvalue weighted by atomic mass is 79.9. The normalized spacial score (nSPS) is 17.0. The number of carbonyl (C=O) groups is 1. The maximum Gasteiger partial charge on any atom is 0.246 e. The van der Waals surface area contributed by atoms with Gasteiger partial charge in [0, 0.05) is 28.8 Å². The third-order valence-electron chi connectivity index (χ3n) is 3.67. The first kappa shape index (κ1) is 16.3. The zero-order valence-corrected chi connectivity index (χ0v) is 14.8. The van der Waals surface area contributed by atoms with Crippen molar-refractivity contribution in [3.05, 3.63) is 22.2 Å². The molecule has 5 heteroatoms. The Bertz CT molecular complexity index is 530. The van der Waals surface area contributed by atoms with E-state index in [2.05, 4.69) is 64.4 Å². The molecule has 2 N–H and O–H groups in total. The molecule has 0 aliphatic carbocycles. The number of carbonyl (C=O) groups excluding carboxylic acids is 1. The summed E-state index contributed by atoms with van der Waals surface area (Å²) in [5.41, 5.74) is 3.09. The van der Waals surface area contributed by atoms with Crippen LogP contribution in [0.25, 0.3) is 0 Å². The van der Waals surface area contributed by atoms with E-state index in [4.69, 9.17) is 0 Å². The van der Waals surface area contributed by atoms with Gasteiger partial charge in [0.1, 0.15) is 6.04 Å². The van der Waals surface area contributed by atoms with Crippen molar-refractivity contribution in [2.75, 3.05) is 29.9 Å². The highest BCUT2D eigenvalue weighted by molar-refractivity contribution is 9.10. The molecule has 1 aromatic carbocycles. The Morgan fingerprint density at radius 3 is 2.67 bits per heavy atom. The van der Waals surface area contributed by atoms with Gasteiger partial charge in [0.15, 0.2) is 0 Å². The molecule has 1 aromatic rings. The van der Waals surface area contributed by atoms with Crippen LogP contribution in [-0.2, 0) is 4.79 Å². The summed E-state index contributed by atoms with van der Waals surface area (Å²) in [6, 6.07) is 3.91. The topological polar surface area (TPSA) is 44.4 Å². The molecule has 0 saturated heterocycles. The predicted molar refractivity (Wildman–Crippen MR) is 91.9 cm³/mol. The zero-order valence-electron chi connectivity index (χ0n) is 13.2. The molecule has 1 atom stereocenters. The summed E-state index contributed by atoms with van der Waals surface area (Å²) in [7, 11) is 0. The van der Waals surface area contributed by atoms with Gasteiger partial charge in [0.25, 0.3) is 0 Å². The van der Waals surface area contributed by atoms with Crippen molar-refractivity contribution < 1.29 is 4.79 Å². The van der Waals surface area contributed by atoms with E-state index >= 15 is 0 Å². The molecule has 0 radical (unpaired) electrons. The Morgan fingerprint density at radius 1 is 1.38 bits per heavy atom. The lowest BCUT2D eigenvalue weighted by Gasteiger charge is -2.27. The molecule has 2 rings (SSSR count). The summed E-state index contributed by atoms with van der Waals surface area (Å²) < 4.78 is 1.04. The van der Waals surface area contributed by atoms with Crippen LogP contribution in [0, 0.1) is 5.92 Å². The number of nitrogens with one attached hydrogen (secondary N) is 2. The maximum atomic E-state index is 12.1. The van der Waals surface area contributed by atoms with Crippen molar-refractivity contribution in [3.63, 3.8) is 0 Å². The van der Waals surface area contributed by atoms with Crippen LogP contribution in [0.3, 0.4) is 0 Å². The molecular weight excluding hydrogens is 330 g/mol. The molecule has 0 fully saturated rings. The molecule has 0 bridgehead atoms. The minimum atomic E-state index is -0.240. The van der Waals surface area contributed by atoms with E-state index in [0.29, 0.717) is 5.92 Å². The van der Waals surface area contributed by atoms with Crippen LogP contribution in [0.5, 0.6) is 0 Å². The average molecular weight is 354 g/mol. The molecular formula is C16H24BrN3O. The van der Waals surface area contributed by atoms with E-state index in [9.17, 15) is 4.79 Å². The van der Waals surface area contributed by atoms with Gasteiger partial charge in [-0.3, -0.25) is 4.79 Å². The summed E-state index contributed by atoms with van der Waals surface area (Å²) in [5, 5.41) is 6.21. The molecule has 116 valence electrons. The molecule has 21 heavy (non-hydrogen) atoms. The first-order valence-electron chi connectivity index (χ1n) is 7.60. The standard InChI is InChI=1S/C16H24BrN3O/c1-5-18-15-11-7-12(17)14(8-13(11)19-16(15)21)20(6-2)9-10(3)4/h7-8,10,15,18H,5-6,9H2,1-4H3,(H,19,21). The summed E-state index contributed by atoms with van der Waals surface area (Å²) >= 11 is 3.67. The number of benzene rings is 1. The lowest BCUT2D eigenvalue weighted by Crippen LogP contribution is -2.27. The van der Waals surface area contributed by atoms with Gasteiger partial charge in [0.05, 0.1) is 5.69 Å². The number of amides is 1. The van der Waals surface area contributed by atoms with Crippen molar-refractivity contribution >= 4 is 33.2 Å². The fourth-order valence-corrected chi connectivity index (χ4v) is 3.37. The SMILES string of the molecule is CCNC1C(=O)Nc2cc(N(CC)CC(C)C)c(Br)cc21. The average Bonchev–Trinajstić information content (AvgIpc) is 2.72. The number of fused-ring (bicyclic) bond motifs is 1. The molecule has 0 spiro atoms. The van der Waals surface area contributed by atoms with Crippen molar-refractivity contribution in [1.29, 1.82) is 0 Å². The van der Waals surface area contributed by atoms with E-state index in [1.807, 2.05) is 6.92 Å². The molecule has 4 nitrogen and oxygen atoms in total. The van der Waals surface area contributed by atoms with Crippen LogP contribution in [0.15, 0.2) is 16.6 Å². The van der Waals surface area contributed by atoms with Crippen LogP contribution in [0.2, 0.25) is 0 Å². The van der Waals surface area contributed by atoms with Gasteiger partial charge in [-0.25, -0.2) is 0 Å². The Labute approximate surface area is 135 Å². The van der Waals surface area contributed by atoms with Crippen LogP contribution in [0.4, 0.5) is 11.4 Å². The molecule has 0 saturated carbocycles. The third kappa shape index (κ3) is 3.40. The van der Waals surface area contributed by atoms with E-state index in [1.165, 1.54) is 0 Å². The van der Waals surface area contributed by atoms with Crippen LogP contribution >= 0.6 is 15.9 Å². The van der Waals surface area contributed by atoms with Crippen molar-refractivity contribution in [2.45, 2.75) is 33.7 Å². The number of anilines is 2. The fraction of sp³-hybridized carbons (Fsp3) is 0.562. The van der Waals surface area contributed by atoms with Crippen LogP contribution in [-0.4, -0.2) is 25.5 Å². The number of likely N-dealkylation sites (N-methyl/N-ethyl adjacent to an activating group) is 1. The van der Waals surface area contributed by atoms with E-state index in [-0.39, 0.29) is 11.9 Å². The van der Waals surface area contributed by atoms with Crippen molar-refractivity contribution in [3.8, 4) is 0 Å². The molecule has 1 aliphatic rings. The Hall–Kier alpha value is -1.07. The Morgan fingerprint density at radius 2 is 2.10 bits per heavy atom. The van der Waals surface area contributed by atoms with Gasteiger partial charge < -0.3 is 15.5 Å². The minimum absolute atomic E-state index is 0.0304. The quantitative estimate of drug-likeness (QED) is 0.821. The summed E-state index contributed by atoms with van der Waals surface area (Å²) in [6.45, 7) is 11.3. The highest BCUT2D eigenvalue weighted by Gasteiger charge is 2.31. The second kappa shape index (κ2) is 6.79. The first-order valence-corrected chi connectivity index (χ1v) is 8.39. The van der Waals surface area contributed by atoms with Crippen molar-refractivity contribution in [2.24, 2.45) is 5.92 Å². The third-order valence-corrected chi connectivity index (χ3v) is 4.30. The smallest absolute Gasteiger partial charge is 0.246 e. The summed E-state index contributed by atoms with van der Waals surface area (Å²) in [5.74, 6) is 0.622. The lowest BCUT2D eigenvalue weighted by molar-refractivity contribution is -0.117.